The molecule has 5 rings (SSSR count). The summed E-state index contributed by atoms with van der Waals surface area (Å²) in [5.74, 6) is 0.300. The van der Waals surface area contributed by atoms with Gasteiger partial charge in [-0.2, -0.15) is 0 Å². The number of hydrogen-bond acceptors (Lipinski definition) is 5. The second-order valence-corrected chi connectivity index (χ2v) is 7.86. The summed E-state index contributed by atoms with van der Waals surface area (Å²) in [4.78, 5) is 19.2. The molecule has 3 aromatic rings. The number of aromatic nitrogens is 3. The number of fused-ring (bicyclic) bond motifs is 1. The lowest BCUT2D eigenvalue weighted by atomic mass is 10.0. The molecular weight excluding hydrogens is 385 g/mol. The van der Waals surface area contributed by atoms with Crippen LogP contribution in [0.2, 0.25) is 0 Å². The number of carbonyl (C=O) groups is 1. The van der Waals surface area contributed by atoms with E-state index in [1.807, 2.05) is 18.2 Å². The number of halogens is 1. The zero-order valence-electron chi connectivity index (χ0n) is 16.6. The Labute approximate surface area is 173 Å². The number of hydrogen-bond donors (Lipinski definition) is 1. The van der Waals surface area contributed by atoms with E-state index in [2.05, 4.69) is 15.2 Å². The van der Waals surface area contributed by atoms with Crippen molar-refractivity contribution >= 4 is 17.4 Å². The van der Waals surface area contributed by atoms with Crippen LogP contribution >= 0.6 is 0 Å². The number of ether oxygens (including phenoxy) is 1. The molecule has 1 N–H and O–H groups in total. The van der Waals surface area contributed by atoms with Crippen LogP contribution < -0.4 is 10.2 Å². The number of anilines is 1. The lowest BCUT2D eigenvalue weighted by Crippen LogP contribution is -2.32. The molecule has 156 valence electrons. The van der Waals surface area contributed by atoms with Gasteiger partial charge < -0.3 is 15.0 Å². The normalized spacial score (nSPS) is 21.4. The Morgan fingerprint density at radius 1 is 1.23 bits per heavy atom. The van der Waals surface area contributed by atoms with Crippen molar-refractivity contribution < 1.29 is 13.9 Å². The molecule has 0 aliphatic carbocycles. The minimum atomic E-state index is -0.234. The van der Waals surface area contributed by atoms with Crippen LogP contribution in [-0.4, -0.2) is 46.3 Å². The van der Waals surface area contributed by atoms with E-state index in [1.165, 1.54) is 6.07 Å². The van der Waals surface area contributed by atoms with Crippen molar-refractivity contribution in [1.82, 2.24) is 19.9 Å². The maximum Gasteiger partial charge on any atom is 0.271 e. The molecule has 2 saturated heterocycles. The summed E-state index contributed by atoms with van der Waals surface area (Å²) in [5.41, 5.74) is 1.95. The van der Waals surface area contributed by atoms with Gasteiger partial charge >= 0.3 is 0 Å². The summed E-state index contributed by atoms with van der Waals surface area (Å²) in [6.45, 7) is 2.07. The van der Waals surface area contributed by atoms with Gasteiger partial charge in [0.05, 0.1) is 18.3 Å². The summed E-state index contributed by atoms with van der Waals surface area (Å²) >= 11 is 0. The number of imidazole rings is 1. The molecule has 1 amide bonds. The Hall–Kier alpha value is -3.00. The van der Waals surface area contributed by atoms with Gasteiger partial charge in [0.25, 0.3) is 5.91 Å². The van der Waals surface area contributed by atoms with Gasteiger partial charge in [0, 0.05) is 19.7 Å². The Morgan fingerprint density at radius 2 is 2.17 bits per heavy atom. The molecule has 0 radical (unpaired) electrons. The van der Waals surface area contributed by atoms with Gasteiger partial charge in [-0.15, -0.1) is 5.10 Å². The topological polar surface area (TPSA) is 71.8 Å². The van der Waals surface area contributed by atoms with E-state index in [0.717, 1.165) is 50.2 Å². The lowest BCUT2D eigenvalue weighted by molar-refractivity contribution is 0.0852. The highest BCUT2D eigenvalue weighted by Crippen LogP contribution is 2.35. The summed E-state index contributed by atoms with van der Waals surface area (Å²) in [5, 5.41) is 7.64. The van der Waals surface area contributed by atoms with E-state index in [0.29, 0.717) is 17.9 Å². The van der Waals surface area contributed by atoms with Crippen LogP contribution in [0.15, 0.2) is 42.6 Å². The molecule has 30 heavy (non-hydrogen) atoms. The highest BCUT2D eigenvalue weighted by atomic mass is 19.1. The Kier molecular flexibility index (Phi) is 5.08. The van der Waals surface area contributed by atoms with Gasteiger partial charge in [-0.3, -0.25) is 4.79 Å². The molecule has 7 nitrogen and oxygen atoms in total. The predicted molar refractivity (Wildman–Crippen MR) is 110 cm³/mol. The largest absolute Gasteiger partial charge is 0.376 e. The Morgan fingerprint density at radius 3 is 3.00 bits per heavy atom. The molecule has 8 heteroatoms. The average molecular weight is 409 g/mol. The molecule has 2 atom stereocenters. The number of carbonyl (C=O) groups excluding carboxylic acids is 1. The summed E-state index contributed by atoms with van der Waals surface area (Å²) in [6, 6.07) is 10.6. The molecule has 0 unspecified atom stereocenters. The second kappa shape index (κ2) is 8.02. The molecular formula is C22H24FN5O2. The minimum absolute atomic E-state index is 0.0611. The first-order valence-electron chi connectivity index (χ1n) is 10.5. The number of nitrogens with one attached hydrogen (secondary N) is 1. The molecule has 2 fully saturated rings. The highest BCUT2D eigenvalue weighted by molar-refractivity contribution is 5.93. The fraction of sp³-hybridized carbons (Fsp3) is 0.409. The van der Waals surface area contributed by atoms with Crippen molar-refractivity contribution in [2.75, 3.05) is 24.6 Å². The van der Waals surface area contributed by atoms with Crippen molar-refractivity contribution in [2.24, 2.45) is 0 Å². The molecule has 4 heterocycles. The molecule has 2 aliphatic heterocycles. The SMILES string of the molecule is O=C(NC[C@@H]1CCCO1)c1cnc2ccc(N3CCC[C@@H]3c3cccc(F)c3)nn12. The van der Waals surface area contributed by atoms with Crippen LogP contribution in [0.5, 0.6) is 0 Å². The maximum absolute atomic E-state index is 13.7. The third kappa shape index (κ3) is 3.63. The van der Waals surface area contributed by atoms with Crippen molar-refractivity contribution in [3.05, 3.63) is 59.7 Å². The van der Waals surface area contributed by atoms with Gasteiger partial charge in [-0.25, -0.2) is 13.9 Å². The third-order valence-electron chi connectivity index (χ3n) is 5.88. The second-order valence-electron chi connectivity index (χ2n) is 7.86. The van der Waals surface area contributed by atoms with Gasteiger partial charge in [-0.1, -0.05) is 12.1 Å². The first-order valence-corrected chi connectivity index (χ1v) is 10.5. The van der Waals surface area contributed by atoms with E-state index in [4.69, 9.17) is 9.84 Å². The third-order valence-corrected chi connectivity index (χ3v) is 5.88. The molecule has 0 bridgehead atoms. The Balaban J connectivity index is 1.40. The quantitative estimate of drug-likeness (QED) is 0.701. The maximum atomic E-state index is 13.7. The zero-order chi connectivity index (χ0) is 20.5. The fourth-order valence-electron chi connectivity index (χ4n) is 4.38. The summed E-state index contributed by atoms with van der Waals surface area (Å²) < 4.78 is 20.9. The van der Waals surface area contributed by atoms with E-state index in [-0.39, 0.29) is 23.9 Å². The van der Waals surface area contributed by atoms with E-state index < -0.39 is 0 Å². The van der Waals surface area contributed by atoms with Crippen LogP contribution in [0.25, 0.3) is 5.65 Å². The standard InChI is InChI=1S/C22H24FN5O2/c23-16-5-1-4-15(12-16)18-7-2-10-27(18)21-9-8-20-24-14-19(28(20)26-21)22(29)25-13-17-6-3-11-30-17/h1,4-5,8-9,12,14,17-18H,2-3,6-7,10-11,13H2,(H,25,29)/t17-,18+/m0/s1. The van der Waals surface area contributed by atoms with E-state index in [9.17, 15) is 9.18 Å². The van der Waals surface area contributed by atoms with Crippen molar-refractivity contribution in [3.63, 3.8) is 0 Å². The van der Waals surface area contributed by atoms with Crippen LogP contribution in [-0.2, 0) is 4.74 Å². The first-order chi connectivity index (χ1) is 14.7. The monoisotopic (exact) mass is 409 g/mol. The van der Waals surface area contributed by atoms with Gasteiger partial charge in [0.15, 0.2) is 11.3 Å². The number of amides is 1. The van der Waals surface area contributed by atoms with Crippen LogP contribution in [0.1, 0.15) is 47.8 Å². The van der Waals surface area contributed by atoms with Crippen molar-refractivity contribution in [1.29, 1.82) is 0 Å². The van der Waals surface area contributed by atoms with Gasteiger partial charge in [-0.05, 0) is 55.5 Å². The molecule has 1 aromatic carbocycles. The van der Waals surface area contributed by atoms with Crippen LogP contribution in [0, 0.1) is 5.82 Å². The smallest absolute Gasteiger partial charge is 0.271 e. The van der Waals surface area contributed by atoms with E-state index in [1.54, 1.807) is 22.8 Å². The Bertz CT molecular complexity index is 1060. The molecule has 0 spiro atoms. The average Bonchev–Trinajstić information content (AvgIpc) is 3.52. The minimum Gasteiger partial charge on any atom is -0.376 e. The number of nitrogens with zero attached hydrogens (tertiary/aromatic N) is 4. The fourth-order valence-corrected chi connectivity index (χ4v) is 4.38. The van der Waals surface area contributed by atoms with Gasteiger partial charge in [0.2, 0.25) is 0 Å². The molecule has 0 saturated carbocycles. The van der Waals surface area contributed by atoms with E-state index >= 15 is 0 Å². The van der Waals surface area contributed by atoms with Crippen molar-refractivity contribution in [2.45, 2.75) is 37.8 Å². The van der Waals surface area contributed by atoms with Gasteiger partial charge in [0.1, 0.15) is 11.6 Å². The lowest BCUT2D eigenvalue weighted by Gasteiger charge is -2.26. The van der Waals surface area contributed by atoms with Crippen molar-refractivity contribution in [3.8, 4) is 0 Å². The van der Waals surface area contributed by atoms with Crippen LogP contribution in [0.3, 0.4) is 0 Å². The summed E-state index contributed by atoms with van der Waals surface area (Å²) in [7, 11) is 0. The number of benzene rings is 1. The first kappa shape index (κ1) is 19.0. The molecule has 2 aromatic heterocycles. The van der Waals surface area contributed by atoms with Crippen LogP contribution in [0.4, 0.5) is 10.2 Å². The molecule has 2 aliphatic rings. The predicted octanol–water partition coefficient (Wildman–Crippen LogP) is 3.12. The summed E-state index contributed by atoms with van der Waals surface area (Å²) in [6.07, 6.45) is 5.55. The zero-order valence-corrected chi connectivity index (χ0v) is 16.6. The number of rotatable bonds is 5. The highest BCUT2D eigenvalue weighted by Gasteiger charge is 2.28.